The number of pyridine rings is 1. The standard InChI is InChI=1S/C21H18N4O/c1-3-15-11-22-8-6-18(15)17(4-1)13-25-9-7-16-12-23-21(24-19(16)14-25)20-5-2-10-26-20/h1-6,8,10-12H,7,9,13-14H2. The van der Waals surface area contributed by atoms with Crippen LogP contribution in [0.15, 0.2) is 65.7 Å². The third-order valence-electron chi connectivity index (χ3n) is 4.93. The molecule has 0 saturated carbocycles. The van der Waals surface area contributed by atoms with E-state index in [1.165, 1.54) is 21.9 Å². The lowest BCUT2D eigenvalue weighted by molar-refractivity contribution is 0.242. The maximum absolute atomic E-state index is 5.44. The molecule has 0 saturated heterocycles. The van der Waals surface area contributed by atoms with Gasteiger partial charge in [-0.1, -0.05) is 18.2 Å². The smallest absolute Gasteiger partial charge is 0.195 e. The van der Waals surface area contributed by atoms with Crippen LogP contribution in [-0.2, 0) is 19.5 Å². The molecule has 0 fully saturated rings. The Kier molecular flexibility index (Phi) is 3.72. The fourth-order valence-corrected chi connectivity index (χ4v) is 3.59. The summed E-state index contributed by atoms with van der Waals surface area (Å²) in [6.07, 6.45) is 8.36. The highest BCUT2D eigenvalue weighted by Crippen LogP contribution is 2.24. The molecule has 0 spiro atoms. The van der Waals surface area contributed by atoms with Crippen LogP contribution in [0.25, 0.3) is 22.4 Å². The molecule has 0 N–H and O–H groups in total. The number of furan rings is 1. The maximum Gasteiger partial charge on any atom is 0.195 e. The molecule has 1 aliphatic rings. The SMILES string of the molecule is c1coc(-c2ncc3c(n2)CN(Cc2cccc4cnccc24)CC3)c1. The Morgan fingerprint density at radius 2 is 2.08 bits per heavy atom. The van der Waals surface area contributed by atoms with E-state index >= 15 is 0 Å². The minimum atomic E-state index is 0.659. The van der Waals surface area contributed by atoms with Crippen molar-refractivity contribution < 1.29 is 4.42 Å². The van der Waals surface area contributed by atoms with E-state index < -0.39 is 0 Å². The molecule has 0 aliphatic carbocycles. The third-order valence-corrected chi connectivity index (χ3v) is 4.93. The van der Waals surface area contributed by atoms with Crippen LogP contribution in [0.5, 0.6) is 0 Å². The van der Waals surface area contributed by atoms with Gasteiger partial charge < -0.3 is 4.42 Å². The highest BCUT2D eigenvalue weighted by Gasteiger charge is 2.20. The van der Waals surface area contributed by atoms with Crippen LogP contribution in [-0.4, -0.2) is 26.4 Å². The monoisotopic (exact) mass is 342 g/mol. The zero-order chi connectivity index (χ0) is 17.3. The van der Waals surface area contributed by atoms with Crippen molar-refractivity contribution in [3.05, 3.63) is 78.1 Å². The summed E-state index contributed by atoms with van der Waals surface area (Å²) in [5.41, 5.74) is 3.66. The lowest BCUT2D eigenvalue weighted by atomic mass is 10.0. The van der Waals surface area contributed by atoms with E-state index in [9.17, 15) is 0 Å². The normalized spacial score (nSPS) is 14.5. The minimum absolute atomic E-state index is 0.659. The molecule has 26 heavy (non-hydrogen) atoms. The van der Waals surface area contributed by atoms with Gasteiger partial charge in [0.05, 0.1) is 12.0 Å². The molecule has 5 nitrogen and oxygen atoms in total. The quantitative estimate of drug-likeness (QED) is 0.566. The largest absolute Gasteiger partial charge is 0.461 e. The molecule has 5 heteroatoms. The van der Waals surface area contributed by atoms with Gasteiger partial charge in [-0.05, 0) is 41.1 Å². The predicted octanol–water partition coefficient (Wildman–Crippen LogP) is 3.84. The van der Waals surface area contributed by atoms with Crippen LogP contribution in [0.1, 0.15) is 16.8 Å². The van der Waals surface area contributed by atoms with Crippen molar-refractivity contribution in [1.29, 1.82) is 0 Å². The number of aromatic nitrogens is 3. The molecule has 0 unspecified atom stereocenters. The molecule has 0 atom stereocenters. The van der Waals surface area contributed by atoms with E-state index in [2.05, 4.69) is 39.1 Å². The highest BCUT2D eigenvalue weighted by atomic mass is 16.3. The number of rotatable bonds is 3. The zero-order valence-corrected chi connectivity index (χ0v) is 14.3. The second-order valence-electron chi connectivity index (χ2n) is 6.62. The van der Waals surface area contributed by atoms with Crippen LogP contribution in [0.2, 0.25) is 0 Å². The maximum atomic E-state index is 5.44. The van der Waals surface area contributed by atoms with E-state index in [0.717, 1.165) is 31.7 Å². The van der Waals surface area contributed by atoms with E-state index in [4.69, 9.17) is 9.40 Å². The van der Waals surface area contributed by atoms with E-state index in [0.29, 0.717) is 11.6 Å². The van der Waals surface area contributed by atoms with Gasteiger partial charge >= 0.3 is 0 Å². The second kappa shape index (κ2) is 6.35. The van der Waals surface area contributed by atoms with Crippen molar-refractivity contribution in [3.63, 3.8) is 0 Å². The molecular weight excluding hydrogens is 324 g/mol. The van der Waals surface area contributed by atoms with Gasteiger partial charge in [0.2, 0.25) is 0 Å². The first-order valence-corrected chi connectivity index (χ1v) is 8.79. The molecule has 3 aromatic heterocycles. The molecule has 0 amide bonds. The molecule has 0 radical (unpaired) electrons. The Balaban J connectivity index is 1.42. The fraction of sp³-hybridized carbons (Fsp3) is 0.190. The Hall–Kier alpha value is -3.05. The van der Waals surface area contributed by atoms with Crippen molar-refractivity contribution in [1.82, 2.24) is 19.9 Å². The Bertz CT molecular complexity index is 1050. The molecule has 1 aromatic carbocycles. The van der Waals surface area contributed by atoms with E-state index in [1.54, 1.807) is 6.26 Å². The number of hydrogen-bond acceptors (Lipinski definition) is 5. The molecule has 4 heterocycles. The average Bonchev–Trinajstić information content (AvgIpc) is 3.23. The van der Waals surface area contributed by atoms with Crippen LogP contribution in [0.4, 0.5) is 0 Å². The molecule has 1 aliphatic heterocycles. The van der Waals surface area contributed by atoms with Gasteiger partial charge in [0.25, 0.3) is 0 Å². The van der Waals surface area contributed by atoms with Crippen molar-refractivity contribution in [2.75, 3.05) is 6.54 Å². The molecule has 128 valence electrons. The van der Waals surface area contributed by atoms with Crippen molar-refractivity contribution in [2.45, 2.75) is 19.5 Å². The Labute approximate surface area is 151 Å². The summed E-state index contributed by atoms with van der Waals surface area (Å²) in [5, 5.41) is 2.46. The fourth-order valence-electron chi connectivity index (χ4n) is 3.59. The van der Waals surface area contributed by atoms with Crippen molar-refractivity contribution in [2.24, 2.45) is 0 Å². The summed E-state index contributed by atoms with van der Waals surface area (Å²) in [6, 6.07) is 12.3. The van der Waals surface area contributed by atoms with E-state index in [-0.39, 0.29) is 0 Å². The van der Waals surface area contributed by atoms with Crippen LogP contribution < -0.4 is 0 Å². The van der Waals surface area contributed by atoms with E-state index in [1.807, 2.05) is 30.7 Å². The van der Waals surface area contributed by atoms with Crippen molar-refractivity contribution >= 4 is 10.8 Å². The van der Waals surface area contributed by atoms with Gasteiger partial charge in [0.15, 0.2) is 11.6 Å². The van der Waals surface area contributed by atoms with Gasteiger partial charge in [0, 0.05) is 43.6 Å². The highest BCUT2D eigenvalue weighted by molar-refractivity contribution is 5.84. The van der Waals surface area contributed by atoms with Gasteiger partial charge in [-0.25, -0.2) is 9.97 Å². The Morgan fingerprint density at radius 3 is 3.00 bits per heavy atom. The minimum Gasteiger partial charge on any atom is -0.461 e. The summed E-state index contributed by atoms with van der Waals surface area (Å²) in [5.74, 6) is 1.37. The van der Waals surface area contributed by atoms with Gasteiger partial charge in [-0.3, -0.25) is 9.88 Å². The molecular formula is C21H18N4O. The summed E-state index contributed by atoms with van der Waals surface area (Å²) in [7, 11) is 0. The molecule has 0 bridgehead atoms. The third kappa shape index (κ3) is 2.76. The summed E-state index contributed by atoms with van der Waals surface area (Å²) in [6.45, 7) is 2.74. The second-order valence-corrected chi connectivity index (χ2v) is 6.62. The summed E-state index contributed by atoms with van der Waals surface area (Å²) in [4.78, 5) is 15.9. The first-order valence-electron chi connectivity index (χ1n) is 8.79. The lowest BCUT2D eigenvalue weighted by Gasteiger charge is -2.28. The van der Waals surface area contributed by atoms with Gasteiger partial charge in [-0.15, -0.1) is 0 Å². The number of hydrogen-bond donors (Lipinski definition) is 0. The summed E-state index contributed by atoms with van der Waals surface area (Å²) >= 11 is 0. The average molecular weight is 342 g/mol. The van der Waals surface area contributed by atoms with Gasteiger partial charge in [-0.2, -0.15) is 0 Å². The zero-order valence-electron chi connectivity index (χ0n) is 14.3. The van der Waals surface area contributed by atoms with Crippen LogP contribution >= 0.6 is 0 Å². The number of benzene rings is 1. The van der Waals surface area contributed by atoms with Crippen molar-refractivity contribution in [3.8, 4) is 11.6 Å². The van der Waals surface area contributed by atoms with Crippen LogP contribution in [0.3, 0.4) is 0 Å². The first kappa shape index (κ1) is 15.2. The summed E-state index contributed by atoms with van der Waals surface area (Å²) < 4.78 is 5.44. The Morgan fingerprint density at radius 1 is 1.08 bits per heavy atom. The number of fused-ring (bicyclic) bond motifs is 2. The predicted molar refractivity (Wildman–Crippen MR) is 99.3 cm³/mol. The topological polar surface area (TPSA) is 55.1 Å². The first-order chi connectivity index (χ1) is 12.9. The molecule has 5 rings (SSSR count). The van der Waals surface area contributed by atoms with Gasteiger partial charge in [0.1, 0.15) is 0 Å². The lowest BCUT2D eigenvalue weighted by Crippen LogP contribution is -2.31. The number of nitrogens with zero attached hydrogens (tertiary/aromatic N) is 4. The molecule has 4 aromatic rings. The van der Waals surface area contributed by atoms with Crippen LogP contribution in [0, 0.1) is 0 Å².